The number of ether oxygens (including phenoxy) is 1. The molecule has 2 aromatic heterocycles. The fraction of sp³-hybridized carbons (Fsp3) is 0.412. The SMILES string of the molecule is C[C@]12CC[C@H]3[C@]4(C=C[C@@]5(C=C4C(=O)c4ccc(-c6cc(C(F)(F)F)ccc6Cl)o4)CC(O)CC[C@]35C)[C@@H]1CC[C@@]2(O)CN(CCc1cccs1)C(=O)Oc1ccc2ccccc2c1. The standard InChI is InChI=1S/C51H49ClF3NO6S/c1-46-19-15-34(57)28-48(46)22-23-50(38(29-48)44(58)41-14-13-40(62-41)37-27-33(51(53,54)55)10-12-39(37)52)42(46)16-20-47(2)43(50)17-21-49(47,60)30-56(24-18-36-8-5-25-63-36)45(59)61-35-11-9-31-6-3-4-7-32(31)26-35/h3-14,22-23,25-27,29,34,42-43,57,60H,15-21,24,28,30H2,1-2H3/t34?,42-,43-,46-,47+,48+,49-,50-/m1/s1. The number of allylic oxidation sites excluding steroid dienone is 4. The maximum atomic E-state index is 15.2. The predicted molar refractivity (Wildman–Crippen MR) is 237 cm³/mol. The van der Waals surface area contributed by atoms with Crippen LogP contribution in [0.2, 0.25) is 5.02 Å². The molecule has 11 rings (SSSR count). The first-order chi connectivity index (χ1) is 30.0. The van der Waals surface area contributed by atoms with Crippen LogP contribution in [0.4, 0.5) is 18.0 Å². The molecule has 63 heavy (non-hydrogen) atoms. The molecule has 3 aromatic carbocycles. The largest absolute Gasteiger partial charge is 0.453 e. The summed E-state index contributed by atoms with van der Waals surface area (Å²) in [5, 5.41) is 28.4. The number of carbonyl (C=O) groups is 2. The Balaban J connectivity index is 1.01. The molecule has 1 amide bonds. The Kier molecular flexibility index (Phi) is 10.0. The van der Waals surface area contributed by atoms with Crippen molar-refractivity contribution in [1.82, 2.24) is 4.90 Å². The fourth-order valence-corrected chi connectivity index (χ4v) is 13.8. The van der Waals surface area contributed by atoms with E-state index in [0.717, 1.165) is 34.2 Å². The second kappa shape index (κ2) is 14.9. The van der Waals surface area contributed by atoms with Crippen molar-refractivity contribution in [3.05, 3.63) is 135 Å². The van der Waals surface area contributed by atoms with Crippen LogP contribution in [0.15, 0.2) is 119 Å². The number of alkyl halides is 3. The monoisotopic (exact) mass is 895 g/mol. The summed E-state index contributed by atoms with van der Waals surface area (Å²) >= 11 is 8.03. The van der Waals surface area contributed by atoms with Gasteiger partial charge in [-0.2, -0.15) is 13.2 Å². The van der Waals surface area contributed by atoms with E-state index in [-0.39, 0.29) is 51.7 Å². The van der Waals surface area contributed by atoms with Crippen molar-refractivity contribution in [2.24, 2.45) is 33.5 Å². The van der Waals surface area contributed by atoms with Crippen LogP contribution in [0.25, 0.3) is 22.1 Å². The van der Waals surface area contributed by atoms with E-state index in [2.05, 4.69) is 32.1 Å². The minimum Gasteiger partial charge on any atom is -0.453 e. The molecule has 6 aliphatic rings. The van der Waals surface area contributed by atoms with Crippen molar-refractivity contribution in [3.8, 4) is 17.1 Å². The van der Waals surface area contributed by atoms with Gasteiger partial charge in [-0.15, -0.1) is 11.3 Å². The molecule has 2 heterocycles. The smallest absolute Gasteiger partial charge is 0.416 e. The Labute approximate surface area is 373 Å². The highest BCUT2D eigenvalue weighted by Gasteiger charge is 2.74. The molecule has 2 N–H and O–H groups in total. The number of aliphatic hydroxyl groups is 2. The highest BCUT2D eigenvalue weighted by atomic mass is 35.5. The van der Waals surface area contributed by atoms with Crippen LogP contribution in [0.3, 0.4) is 0 Å². The van der Waals surface area contributed by atoms with Crippen molar-refractivity contribution in [2.75, 3.05) is 13.1 Å². The van der Waals surface area contributed by atoms with Gasteiger partial charge in [0.15, 0.2) is 5.76 Å². The normalized spacial score (nSPS) is 31.9. The Morgan fingerprint density at radius 1 is 0.905 bits per heavy atom. The summed E-state index contributed by atoms with van der Waals surface area (Å²) in [7, 11) is 0. The van der Waals surface area contributed by atoms with E-state index < -0.39 is 45.8 Å². The van der Waals surface area contributed by atoms with Gasteiger partial charge >= 0.3 is 12.3 Å². The van der Waals surface area contributed by atoms with E-state index in [1.54, 1.807) is 22.3 Å². The van der Waals surface area contributed by atoms with Crippen molar-refractivity contribution in [3.63, 3.8) is 0 Å². The number of ketones is 1. The van der Waals surface area contributed by atoms with Gasteiger partial charge in [-0.1, -0.05) is 80.1 Å². The molecule has 8 atom stereocenters. The molecular weight excluding hydrogens is 847 g/mol. The lowest BCUT2D eigenvalue weighted by atomic mass is 9.32. The number of thiophene rings is 1. The van der Waals surface area contributed by atoms with E-state index in [0.29, 0.717) is 62.8 Å². The number of hydrogen-bond acceptors (Lipinski definition) is 7. The molecule has 0 aliphatic heterocycles. The number of furan rings is 1. The molecule has 7 nitrogen and oxygen atoms in total. The molecule has 3 saturated carbocycles. The summed E-state index contributed by atoms with van der Waals surface area (Å²) in [6, 6.07) is 23.4. The number of aliphatic hydroxyl groups excluding tert-OH is 1. The third kappa shape index (κ3) is 6.58. The minimum absolute atomic E-state index is 0.0213. The zero-order chi connectivity index (χ0) is 44.2. The highest BCUT2D eigenvalue weighted by Crippen LogP contribution is 2.78. The van der Waals surface area contributed by atoms with Gasteiger partial charge < -0.3 is 24.3 Å². The first-order valence-electron chi connectivity index (χ1n) is 21.8. The van der Waals surface area contributed by atoms with Crippen LogP contribution in [-0.4, -0.2) is 51.8 Å². The van der Waals surface area contributed by atoms with Gasteiger partial charge in [0.25, 0.3) is 0 Å². The second-order valence-electron chi connectivity index (χ2n) is 19.1. The lowest BCUT2D eigenvalue weighted by Crippen LogP contribution is -2.67. The van der Waals surface area contributed by atoms with Crippen LogP contribution in [0, 0.1) is 33.5 Å². The van der Waals surface area contributed by atoms with Gasteiger partial charge in [0, 0.05) is 38.8 Å². The van der Waals surface area contributed by atoms with E-state index in [1.165, 1.54) is 18.2 Å². The Hall–Kier alpha value is -4.68. The number of nitrogens with zero attached hydrogens (tertiary/aromatic N) is 1. The van der Waals surface area contributed by atoms with Crippen molar-refractivity contribution < 1.29 is 42.1 Å². The summed E-state index contributed by atoms with van der Waals surface area (Å²) in [5.41, 5.74) is -4.22. The van der Waals surface area contributed by atoms with Crippen LogP contribution >= 0.6 is 22.9 Å². The number of amides is 1. The van der Waals surface area contributed by atoms with Crippen molar-refractivity contribution in [1.29, 1.82) is 0 Å². The van der Waals surface area contributed by atoms with Gasteiger partial charge in [-0.25, -0.2) is 4.79 Å². The number of carbonyl (C=O) groups excluding carboxylic acids is 2. The Bertz CT molecular complexity index is 2690. The van der Waals surface area contributed by atoms with Crippen LogP contribution < -0.4 is 4.74 Å². The Morgan fingerprint density at radius 2 is 1.67 bits per heavy atom. The average molecular weight is 896 g/mol. The summed E-state index contributed by atoms with van der Waals surface area (Å²) in [6.07, 6.45) is 5.48. The maximum Gasteiger partial charge on any atom is 0.416 e. The van der Waals surface area contributed by atoms with Crippen LogP contribution in [0.1, 0.15) is 79.8 Å². The molecule has 2 bridgehead atoms. The van der Waals surface area contributed by atoms with Crippen LogP contribution in [-0.2, 0) is 12.6 Å². The quantitative estimate of drug-likeness (QED) is 0.113. The summed E-state index contributed by atoms with van der Waals surface area (Å²) in [6.45, 7) is 4.76. The molecule has 0 saturated heterocycles. The highest BCUT2D eigenvalue weighted by molar-refractivity contribution is 7.09. The fourth-order valence-electron chi connectivity index (χ4n) is 12.9. The first kappa shape index (κ1) is 42.3. The number of halogens is 4. The molecule has 5 aromatic rings. The molecule has 2 spiro atoms. The topological polar surface area (TPSA) is 100 Å². The first-order valence-corrected chi connectivity index (χ1v) is 23.1. The van der Waals surface area contributed by atoms with Gasteiger partial charge in [-0.3, -0.25) is 4.79 Å². The van der Waals surface area contributed by atoms with E-state index in [4.69, 9.17) is 20.8 Å². The van der Waals surface area contributed by atoms with Gasteiger partial charge in [0.05, 0.1) is 28.8 Å². The molecule has 6 aliphatic carbocycles. The zero-order valence-electron chi connectivity index (χ0n) is 35.1. The maximum absolute atomic E-state index is 15.2. The van der Waals surface area contributed by atoms with Crippen LogP contribution in [0.5, 0.6) is 5.75 Å². The third-order valence-electron chi connectivity index (χ3n) is 16.2. The molecule has 0 radical (unpaired) electrons. The molecule has 328 valence electrons. The van der Waals surface area contributed by atoms with E-state index in [9.17, 15) is 28.2 Å². The van der Waals surface area contributed by atoms with E-state index >= 15 is 4.79 Å². The number of benzene rings is 3. The predicted octanol–water partition coefficient (Wildman–Crippen LogP) is 12.4. The summed E-state index contributed by atoms with van der Waals surface area (Å²) < 4.78 is 53.5. The summed E-state index contributed by atoms with van der Waals surface area (Å²) in [5.74, 6) is -0.201. The van der Waals surface area contributed by atoms with Crippen molar-refractivity contribution in [2.45, 2.75) is 83.1 Å². The number of rotatable bonds is 9. The third-order valence-corrected chi connectivity index (χ3v) is 17.5. The minimum atomic E-state index is -4.61. The molecule has 1 unspecified atom stereocenters. The van der Waals surface area contributed by atoms with Gasteiger partial charge in [0.1, 0.15) is 11.5 Å². The molecule has 3 fully saturated rings. The molecule has 12 heteroatoms. The summed E-state index contributed by atoms with van der Waals surface area (Å²) in [4.78, 5) is 32.3. The number of fused-ring (bicyclic) bond motifs is 2. The number of Topliss-reactive ketones (excluding diaryl/α,β-unsaturated/α-hetero) is 1. The second-order valence-corrected chi connectivity index (χ2v) is 20.6. The number of hydrogen-bond donors (Lipinski definition) is 2. The van der Waals surface area contributed by atoms with Crippen molar-refractivity contribution >= 4 is 45.6 Å². The van der Waals surface area contributed by atoms with Gasteiger partial charge in [0.2, 0.25) is 5.78 Å². The average Bonchev–Trinajstić information content (AvgIpc) is 4.02. The lowest BCUT2D eigenvalue weighted by molar-refractivity contribution is -0.175. The lowest BCUT2D eigenvalue weighted by Gasteiger charge is -2.71. The van der Waals surface area contributed by atoms with Gasteiger partial charge in [-0.05, 0) is 133 Å². The molecular formula is C51H49ClF3NO6S. The zero-order valence-corrected chi connectivity index (χ0v) is 36.7. The van der Waals surface area contributed by atoms with E-state index in [1.807, 2.05) is 53.9 Å². The Morgan fingerprint density at radius 3 is 2.44 bits per heavy atom.